The number of nitrogens with one attached hydrogen (secondary N) is 2. The Morgan fingerprint density at radius 1 is 1.00 bits per heavy atom. The van der Waals surface area contributed by atoms with Crippen LogP contribution in [0.3, 0.4) is 0 Å². The monoisotopic (exact) mass is 314 g/mol. The van der Waals surface area contributed by atoms with E-state index in [1.807, 2.05) is 55.6 Å². The minimum Gasteiger partial charge on any atom is -0.693 e. The van der Waals surface area contributed by atoms with Gasteiger partial charge in [-0.3, -0.25) is 0 Å². The van der Waals surface area contributed by atoms with E-state index in [1.54, 1.807) is 0 Å². The second-order valence-corrected chi connectivity index (χ2v) is 3.49. The molecule has 0 aliphatic rings. The normalized spacial score (nSPS) is 8.72. The van der Waals surface area contributed by atoms with Crippen molar-refractivity contribution in [2.75, 3.05) is 12.4 Å². The molecule has 0 aromatic heterocycles. The molecule has 2 aromatic carbocycles. The number of hydrogen-bond donors (Lipinski definition) is 2. The fourth-order valence-electron chi connectivity index (χ4n) is 1.52. The minimum atomic E-state index is 0. The topological polar surface area (TPSA) is 69.4 Å². The van der Waals surface area contributed by atoms with E-state index >= 15 is 0 Å². The molecule has 0 unspecified atom stereocenters. The summed E-state index contributed by atoms with van der Waals surface area (Å²) in [6.07, 6.45) is 0. The van der Waals surface area contributed by atoms with E-state index in [0.29, 0.717) is 5.71 Å². The molecule has 91 valence electrons. The van der Waals surface area contributed by atoms with Crippen LogP contribution < -0.4 is 5.32 Å². The van der Waals surface area contributed by atoms with Crippen molar-refractivity contribution in [1.29, 1.82) is 5.41 Å². The minimum absolute atomic E-state index is 0. The summed E-state index contributed by atoms with van der Waals surface area (Å²) in [4.78, 5) is 0. The Morgan fingerprint density at radius 3 is 2.00 bits per heavy atom. The zero-order chi connectivity index (χ0) is 11.4. The molecule has 2 rings (SSSR count). The molecule has 3 nitrogen and oxygen atoms in total. The second kappa shape index (κ2) is 8.14. The zero-order valence-electron chi connectivity index (χ0n) is 10.3. The SMILES string of the molecule is CNc1ccc(C(=N)c2cc[c-]cc2)cc1.[NH2-].[Y]. The van der Waals surface area contributed by atoms with E-state index in [0.717, 1.165) is 16.8 Å². The van der Waals surface area contributed by atoms with Crippen molar-refractivity contribution < 1.29 is 32.7 Å². The van der Waals surface area contributed by atoms with E-state index in [-0.39, 0.29) is 38.9 Å². The second-order valence-electron chi connectivity index (χ2n) is 3.49. The first kappa shape index (κ1) is 17.0. The zero-order valence-corrected chi connectivity index (χ0v) is 13.1. The molecule has 0 atom stereocenters. The van der Waals surface area contributed by atoms with E-state index in [1.165, 1.54) is 0 Å². The summed E-state index contributed by atoms with van der Waals surface area (Å²) in [5, 5.41) is 11.1. The molecule has 0 fully saturated rings. The molecule has 0 spiro atoms. The summed E-state index contributed by atoms with van der Waals surface area (Å²) in [6.45, 7) is 0. The molecule has 4 heteroatoms. The van der Waals surface area contributed by atoms with Gasteiger partial charge in [-0.25, -0.2) is 0 Å². The van der Waals surface area contributed by atoms with Gasteiger partial charge in [0.05, 0.1) is 0 Å². The van der Waals surface area contributed by atoms with Gasteiger partial charge in [0, 0.05) is 51.2 Å². The molecule has 18 heavy (non-hydrogen) atoms. The van der Waals surface area contributed by atoms with E-state index in [2.05, 4.69) is 11.4 Å². The maximum absolute atomic E-state index is 8.06. The smallest absolute Gasteiger partial charge is 0.0443 e. The van der Waals surface area contributed by atoms with Gasteiger partial charge >= 0.3 is 0 Å². The Balaban J connectivity index is 0.00000144. The van der Waals surface area contributed by atoms with Crippen LogP contribution in [0.4, 0.5) is 5.69 Å². The molecule has 0 saturated carbocycles. The third kappa shape index (κ3) is 4.02. The van der Waals surface area contributed by atoms with Crippen molar-refractivity contribution in [2.45, 2.75) is 0 Å². The van der Waals surface area contributed by atoms with E-state index < -0.39 is 0 Å². The number of hydrogen-bond acceptors (Lipinski definition) is 2. The third-order valence-corrected chi connectivity index (χ3v) is 2.47. The van der Waals surface area contributed by atoms with Gasteiger partial charge in [-0.05, 0) is 17.7 Å². The average molecular weight is 314 g/mol. The van der Waals surface area contributed by atoms with Crippen LogP contribution >= 0.6 is 0 Å². The van der Waals surface area contributed by atoms with Gasteiger partial charge in [-0.2, -0.15) is 30.3 Å². The Kier molecular flexibility index (Phi) is 7.68. The molecule has 2 aromatic rings. The quantitative estimate of drug-likeness (QED) is 0.659. The van der Waals surface area contributed by atoms with E-state index in [4.69, 9.17) is 5.41 Å². The third-order valence-electron chi connectivity index (χ3n) is 2.47. The van der Waals surface area contributed by atoms with Gasteiger partial charge in [-0.15, -0.1) is 5.56 Å². The van der Waals surface area contributed by atoms with Crippen LogP contribution in [0.15, 0.2) is 48.5 Å². The molecule has 0 aliphatic heterocycles. The maximum atomic E-state index is 8.06. The van der Waals surface area contributed by atoms with Crippen molar-refractivity contribution in [1.82, 2.24) is 0 Å². The van der Waals surface area contributed by atoms with Gasteiger partial charge in [0.2, 0.25) is 0 Å². The number of rotatable bonds is 3. The average Bonchev–Trinajstić information content (AvgIpc) is 2.39. The predicted molar refractivity (Wildman–Crippen MR) is 72.5 cm³/mol. The van der Waals surface area contributed by atoms with Crippen LogP contribution in [-0.2, 0) is 32.7 Å². The summed E-state index contributed by atoms with van der Waals surface area (Å²) in [6, 6.07) is 18.2. The molecule has 0 bridgehead atoms. The summed E-state index contributed by atoms with van der Waals surface area (Å²) in [5.74, 6) is 0. The Bertz CT molecular complexity index is 480. The van der Waals surface area contributed by atoms with Crippen molar-refractivity contribution >= 4 is 11.4 Å². The number of nitrogens with two attached hydrogens (primary N) is 1. The molecular formula is C14H15N3Y-2. The van der Waals surface area contributed by atoms with Gasteiger partial charge in [-0.1, -0.05) is 12.1 Å². The summed E-state index contributed by atoms with van der Waals surface area (Å²) >= 11 is 0. The molecule has 0 saturated heterocycles. The first-order valence-corrected chi connectivity index (χ1v) is 5.14. The number of anilines is 1. The van der Waals surface area contributed by atoms with Crippen LogP contribution in [0.25, 0.3) is 6.15 Å². The fourth-order valence-corrected chi connectivity index (χ4v) is 1.52. The van der Waals surface area contributed by atoms with Crippen LogP contribution in [0.1, 0.15) is 11.1 Å². The largest absolute Gasteiger partial charge is 0.693 e. The Morgan fingerprint density at radius 2 is 1.50 bits per heavy atom. The van der Waals surface area contributed by atoms with Crippen molar-refractivity contribution in [3.8, 4) is 0 Å². The summed E-state index contributed by atoms with van der Waals surface area (Å²) < 4.78 is 0. The van der Waals surface area contributed by atoms with Crippen molar-refractivity contribution in [3.05, 3.63) is 71.9 Å². The molecule has 0 aliphatic carbocycles. The first-order chi connectivity index (χ1) is 7.81. The Hall–Kier alpha value is -1.03. The first-order valence-electron chi connectivity index (χ1n) is 5.14. The standard InChI is InChI=1S/C14H13N2.H2N.Y/c1-16-13-9-7-12(8-10-13)14(15)11-5-3-2-4-6-11;;/h3-10,15-16H,1H3;1H2;/q2*-1;. The van der Waals surface area contributed by atoms with Gasteiger partial charge < -0.3 is 16.9 Å². The molecule has 0 heterocycles. The van der Waals surface area contributed by atoms with Crippen LogP contribution in [0.5, 0.6) is 0 Å². The van der Waals surface area contributed by atoms with Crippen LogP contribution in [0, 0.1) is 11.5 Å². The summed E-state index contributed by atoms with van der Waals surface area (Å²) in [5.41, 5.74) is 3.43. The van der Waals surface area contributed by atoms with Crippen molar-refractivity contribution in [3.63, 3.8) is 0 Å². The summed E-state index contributed by atoms with van der Waals surface area (Å²) in [7, 11) is 1.88. The molecule has 1 radical (unpaired) electrons. The van der Waals surface area contributed by atoms with E-state index in [9.17, 15) is 0 Å². The van der Waals surface area contributed by atoms with Gasteiger partial charge in [0.25, 0.3) is 0 Å². The van der Waals surface area contributed by atoms with Gasteiger partial charge in [0.1, 0.15) is 0 Å². The Labute approximate surface area is 133 Å². The van der Waals surface area contributed by atoms with Gasteiger partial charge in [0.15, 0.2) is 0 Å². The van der Waals surface area contributed by atoms with Crippen molar-refractivity contribution in [2.24, 2.45) is 0 Å². The molecule has 4 N–H and O–H groups in total. The van der Waals surface area contributed by atoms with Crippen LogP contribution in [0.2, 0.25) is 0 Å². The number of benzene rings is 2. The fraction of sp³-hybridized carbons (Fsp3) is 0.0714. The predicted octanol–water partition coefficient (Wildman–Crippen LogP) is 3.66. The van der Waals surface area contributed by atoms with Crippen LogP contribution in [-0.4, -0.2) is 12.8 Å². The maximum Gasteiger partial charge on any atom is 0.0443 e. The molecular weight excluding hydrogens is 299 g/mol. The molecule has 0 amide bonds.